The average molecular weight is 353 g/mol. The SMILES string of the molecule is CCNC(=S)N1N=C2c3ccccc3CC[C@@H]2[C@@H]1c1ccc(F)cc1. The standard InChI is InChI=1S/C20H20FN3S/c1-2-22-20(25)24-19(14-7-10-15(21)11-8-14)17-12-9-13-5-3-4-6-16(13)18(17)23-24/h3-8,10-11,17,19H,2,9,12H2,1H3,(H,22,25)/t17-,19-/m0/s1. The Hall–Kier alpha value is -2.27. The van der Waals surface area contributed by atoms with E-state index in [2.05, 4.69) is 29.6 Å². The number of halogens is 1. The summed E-state index contributed by atoms with van der Waals surface area (Å²) < 4.78 is 13.4. The van der Waals surface area contributed by atoms with E-state index in [0.717, 1.165) is 30.7 Å². The van der Waals surface area contributed by atoms with E-state index >= 15 is 0 Å². The Morgan fingerprint density at radius 2 is 2.00 bits per heavy atom. The molecule has 1 N–H and O–H groups in total. The molecule has 2 aliphatic rings. The molecule has 5 heteroatoms. The Bertz CT molecular complexity index is 831. The normalized spacial score (nSPS) is 21.4. The first-order valence-corrected chi connectivity index (χ1v) is 9.09. The Kier molecular flexibility index (Phi) is 4.25. The summed E-state index contributed by atoms with van der Waals surface area (Å²) in [6.45, 7) is 2.77. The number of hydrogen-bond acceptors (Lipinski definition) is 2. The van der Waals surface area contributed by atoms with Crippen molar-refractivity contribution in [2.24, 2.45) is 11.0 Å². The summed E-state index contributed by atoms with van der Waals surface area (Å²) in [6.07, 6.45) is 2.04. The zero-order chi connectivity index (χ0) is 17.4. The van der Waals surface area contributed by atoms with E-state index in [1.807, 2.05) is 24.1 Å². The molecule has 0 saturated carbocycles. The quantitative estimate of drug-likeness (QED) is 0.826. The zero-order valence-electron chi connectivity index (χ0n) is 14.1. The highest BCUT2D eigenvalue weighted by Gasteiger charge is 2.42. The fourth-order valence-corrected chi connectivity index (χ4v) is 4.16. The summed E-state index contributed by atoms with van der Waals surface area (Å²) in [5.41, 5.74) is 4.69. The fourth-order valence-electron chi connectivity index (χ4n) is 3.86. The van der Waals surface area contributed by atoms with Crippen LogP contribution in [0.3, 0.4) is 0 Å². The first kappa shape index (κ1) is 16.2. The second kappa shape index (κ2) is 6.56. The minimum Gasteiger partial charge on any atom is -0.361 e. The number of hydrogen-bond donors (Lipinski definition) is 1. The van der Waals surface area contributed by atoms with Crippen LogP contribution in [0.1, 0.15) is 36.1 Å². The van der Waals surface area contributed by atoms with Crippen molar-refractivity contribution in [1.82, 2.24) is 10.3 Å². The highest BCUT2D eigenvalue weighted by molar-refractivity contribution is 7.80. The highest BCUT2D eigenvalue weighted by atomic mass is 32.1. The Morgan fingerprint density at radius 3 is 2.76 bits per heavy atom. The minimum absolute atomic E-state index is 0.00973. The number of rotatable bonds is 2. The molecule has 0 fully saturated rings. The molecule has 0 amide bonds. The van der Waals surface area contributed by atoms with E-state index in [4.69, 9.17) is 17.3 Å². The highest BCUT2D eigenvalue weighted by Crippen LogP contribution is 2.43. The lowest BCUT2D eigenvalue weighted by Gasteiger charge is -2.30. The van der Waals surface area contributed by atoms with Crippen molar-refractivity contribution >= 4 is 23.0 Å². The minimum atomic E-state index is -0.224. The molecule has 25 heavy (non-hydrogen) atoms. The molecular formula is C20H20FN3S. The molecule has 128 valence electrons. The summed E-state index contributed by atoms with van der Waals surface area (Å²) in [5.74, 6) is 0.0367. The van der Waals surface area contributed by atoms with Gasteiger partial charge in [-0.15, -0.1) is 0 Å². The second-order valence-electron chi connectivity index (χ2n) is 6.46. The molecule has 0 saturated heterocycles. The Balaban J connectivity index is 1.78. The first-order valence-electron chi connectivity index (χ1n) is 8.68. The van der Waals surface area contributed by atoms with Crippen LogP contribution in [0.5, 0.6) is 0 Å². The van der Waals surface area contributed by atoms with E-state index in [0.29, 0.717) is 5.11 Å². The average Bonchev–Trinajstić information content (AvgIpc) is 3.03. The largest absolute Gasteiger partial charge is 0.361 e. The molecule has 3 nitrogen and oxygen atoms in total. The van der Waals surface area contributed by atoms with Crippen LogP contribution in [-0.4, -0.2) is 22.4 Å². The molecule has 1 aliphatic carbocycles. The van der Waals surface area contributed by atoms with Crippen LogP contribution in [0, 0.1) is 11.7 Å². The molecule has 0 unspecified atom stereocenters. The summed E-state index contributed by atoms with van der Waals surface area (Å²) in [5, 5.41) is 10.6. The van der Waals surface area contributed by atoms with Gasteiger partial charge in [-0.3, -0.25) is 0 Å². The molecule has 1 aliphatic heterocycles. The smallest absolute Gasteiger partial charge is 0.190 e. The monoisotopic (exact) mass is 353 g/mol. The maximum absolute atomic E-state index is 13.4. The van der Waals surface area contributed by atoms with E-state index < -0.39 is 0 Å². The van der Waals surface area contributed by atoms with E-state index in [-0.39, 0.29) is 17.8 Å². The molecule has 2 aromatic carbocycles. The number of hydrazone groups is 1. The van der Waals surface area contributed by atoms with Crippen LogP contribution in [0.25, 0.3) is 0 Å². The summed E-state index contributed by atoms with van der Waals surface area (Å²) in [4.78, 5) is 0. The van der Waals surface area contributed by atoms with Gasteiger partial charge < -0.3 is 5.32 Å². The van der Waals surface area contributed by atoms with E-state index in [1.54, 1.807) is 0 Å². The van der Waals surface area contributed by atoms with Gasteiger partial charge in [-0.2, -0.15) is 5.10 Å². The van der Waals surface area contributed by atoms with Crippen molar-refractivity contribution in [3.05, 3.63) is 71.0 Å². The predicted molar refractivity (Wildman–Crippen MR) is 102 cm³/mol. The molecule has 2 aromatic rings. The molecule has 0 bridgehead atoms. The second-order valence-corrected chi connectivity index (χ2v) is 6.85. The fraction of sp³-hybridized carbons (Fsp3) is 0.300. The van der Waals surface area contributed by atoms with Gasteiger partial charge in [0.15, 0.2) is 5.11 Å². The van der Waals surface area contributed by atoms with Crippen LogP contribution < -0.4 is 5.32 Å². The number of fused-ring (bicyclic) bond motifs is 3. The zero-order valence-corrected chi connectivity index (χ0v) is 14.9. The molecule has 0 spiro atoms. The summed E-state index contributed by atoms with van der Waals surface area (Å²) in [6, 6.07) is 15.2. The van der Waals surface area contributed by atoms with Crippen molar-refractivity contribution < 1.29 is 4.39 Å². The topological polar surface area (TPSA) is 27.6 Å². The van der Waals surface area contributed by atoms with E-state index in [9.17, 15) is 4.39 Å². The number of nitrogens with zero attached hydrogens (tertiary/aromatic N) is 2. The maximum atomic E-state index is 13.4. The summed E-state index contributed by atoms with van der Waals surface area (Å²) in [7, 11) is 0. The summed E-state index contributed by atoms with van der Waals surface area (Å²) >= 11 is 5.57. The van der Waals surface area contributed by atoms with Crippen molar-refractivity contribution in [2.45, 2.75) is 25.8 Å². The van der Waals surface area contributed by atoms with Gasteiger partial charge in [-0.1, -0.05) is 36.4 Å². The number of benzene rings is 2. The Labute approximate surface area is 152 Å². The van der Waals surface area contributed by atoms with Gasteiger partial charge in [-0.05, 0) is 55.2 Å². The molecule has 4 rings (SSSR count). The first-order chi connectivity index (χ1) is 12.2. The van der Waals surface area contributed by atoms with Gasteiger partial charge >= 0.3 is 0 Å². The third-order valence-electron chi connectivity index (χ3n) is 4.98. The van der Waals surface area contributed by atoms with Gasteiger partial charge in [0.2, 0.25) is 0 Å². The lowest BCUT2D eigenvalue weighted by Crippen LogP contribution is -2.38. The number of aryl methyl sites for hydroxylation is 1. The molecular weight excluding hydrogens is 333 g/mol. The number of nitrogens with one attached hydrogen (secondary N) is 1. The Morgan fingerprint density at radius 1 is 1.24 bits per heavy atom. The number of thiocarbonyl (C=S) groups is 1. The third-order valence-corrected chi connectivity index (χ3v) is 5.31. The van der Waals surface area contributed by atoms with Crippen molar-refractivity contribution in [2.75, 3.05) is 6.54 Å². The van der Waals surface area contributed by atoms with Crippen LogP contribution in [-0.2, 0) is 6.42 Å². The van der Waals surface area contributed by atoms with Gasteiger partial charge in [0, 0.05) is 18.0 Å². The maximum Gasteiger partial charge on any atom is 0.190 e. The van der Waals surface area contributed by atoms with Crippen molar-refractivity contribution in [1.29, 1.82) is 0 Å². The lowest BCUT2D eigenvalue weighted by atomic mass is 9.77. The van der Waals surface area contributed by atoms with Crippen molar-refractivity contribution in [3.63, 3.8) is 0 Å². The lowest BCUT2D eigenvalue weighted by molar-refractivity contribution is 0.304. The van der Waals surface area contributed by atoms with Crippen LogP contribution in [0.2, 0.25) is 0 Å². The third kappa shape index (κ3) is 2.82. The van der Waals surface area contributed by atoms with Crippen LogP contribution >= 0.6 is 12.2 Å². The molecule has 0 radical (unpaired) electrons. The molecule has 2 atom stereocenters. The molecule has 0 aromatic heterocycles. The van der Waals surface area contributed by atoms with Crippen LogP contribution in [0.15, 0.2) is 53.6 Å². The molecule has 1 heterocycles. The van der Waals surface area contributed by atoms with Gasteiger partial charge in [0.05, 0.1) is 11.8 Å². The van der Waals surface area contributed by atoms with Crippen LogP contribution in [0.4, 0.5) is 4.39 Å². The predicted octanol–water partition coefficient (Wildman–Crippen LogP) is 4.04. The van der Waals surface area contributed by atoms with E-state index in [1.165, 1.54) is 23.3 Å². The van der Waals surface area contributed by atoms with Gasteiger partial charge in [0.1, 0.15) is 5.82 Å². The van der Waals surface area contributed by atoms with Gasteiger partial charge in [0.25, 0.3) is 0 Å². The van der Waals surface area contributed by atoms with Crippen molar-refractivity contribution in [3.8, 4) is 0 Å². The van der Waals surface area contributed by atoms with Gasteiger partial charge in [-0.25, -0.2) is 9.40 Å².